The summed E-state index contributed by atoms with van der Waals surface area (Å²) >= 11 is 0. The molecule has 0 unspecified atom stereocenters. The number of aromatic nitrogens is 1. The van der Waals surface area contributed by atoms with Gasteiger partial charge in [-0.15, -0.1) is 0 Å². The largest absolute Gasteiger partial charge is 0.447 e. The molecule has 0 spiro atoms. The van der Waals surface area contributed by atoms with E-state index >= 15 is 0 Å². The first kappa shape index (κ1) is 13.4. The monoisotopic (exact) mass is 253 g/mol. The average Bonchev–Trinajstić information content (AvgIpc) is 2.77. The quantitative estimate of drug-likeness (QED) is 0.864. The van der Waals surface area contributed by atoms with Gasteiger partial charge in [0.05, 0.1) is 5.69 Å². The third-order valence-electron chi connectivity index (χ3n) is 3.16. The minimum Gasteiger partial charge on any atom is -0.447 e. The van der Waals surface area contributed by atoms with E-state index in [1.807, 2.05) is 0 Å². The minimum atomic E-state index is 0.241. The van der Waals surface area contributed by atoms with E-state index in [1.165, 1.54) is 0 Å². The molecule has 2 heterocycles. The maximum Gasteiger partial charge on any atom is 0.394 e. The smallest absolute Gasteiger partial charge is 0.394 e. The van der Waals surface area contributed by atoms with Gasteiger partial charge in [0.25, 0.3) is 0 Å². The van der Waals surface area contributed by atoms with Crippen LogP contribution in [0.15, 0.2) is 10.7 Å². The number of ether oxygens (including phenoxy) is 1. The fourth-order valence-electron chi connectivity index (χ4n) is 1.98. The van der Waals surface area contributed by atoms with Crippen molar-refractivity contribution in [3.63, 3.8) is 0 Å². The Balaban J connectivity index is 1.79. The van der Waals surface area contributed by atoms with Crippen LogP contribution in [0.4, 0.5) is 0 Å². The molecule has 1 aliphatic rings. The lowest BCUT2D eigenvalue weighted by atomic mass is 10.1. The van der Waals surface area contributed by atoms with Crippen LogP contribution in [0, 0.1) is 0 Å². The van der Waals surface area contributed by atoms with E-state index in [4.69, 9.17) is 9.15 Å². The number of nitrogens with one attached hydrogen (secondary N) is 1. The second-order valence-electron chi connectivity index (χ2n) is 5.26. The first-order chi connectivity index (χ1) is 8.63. The topological polar surface area (TPSA) is 50.5 Å². The summed E-state index contributed by atoms with van der Waals surface area (Å²) in [5.41, 5.74) is 0.895. The molecule has 18 heavy (non-hydrogen) atoms. The maximum absolute atomic E-state index is 5.76. The predicted octanol–water partition coefficient (Wildman–Crippen LogP) is 1.65. The molecule has 1 N–H and O–H groups in total. The Morgan fingerprint density at radius 1 is 1.50 bits per heavy atom. The molecule has 0 saturated carbocycles. The molecule has 5 nitrogen and oxygen atoms in total. The molecule has 0 aromatic carbocycles. The maximum atomic E-state index is 5.76. The van der Waals surface area contributed by atoms with Gasteiger partial charge in [0, 0.05) is 25.7 Å². The van der Waals surface area contributed by atoms with Gasteiger partial charge < -0.3 is 19.4 Å². The van der Waals surface area contributed by atoms with E-state index in [1.54, 1.807) is 6.26 Å². The molecular formula is C13H23N3O2. The molecule has 1 fully saturated rings. The lowest BCUT2D eigenvalue weighted by Gasteiger charge is -2.27. The molecule has 102 valence electrons. The van der Waals surface area contributed by atoms with E-state index in [9.17, 15) is 0 Å². The summed E-state index contributed by atoms with van der Waals surface area (Å²) in [6.45, 7) is 7.09. The van der Waals surface area contributed by atoms with Crippen LogP contribution in [0.3, 0.4) is 0 Å². The van der Waals surface area contributed by atoms with E-state index in [-0.39, 0.29) is 6.10 Å². The zero-order valence-electron chi connectivity index (χ0n) is 11.5. The van der Waals surface area contributed by atoms with Gasteiger partial charge in [-0.2, -0.15) is 4.98 Å². The van der Waals surface area contributed by atoms with E-state index < -0.39 is 0 Å². The highest BCUT2D eigenvalue weighted by Gasteiger charge is 2.19. The molecule has 1 aromatic heterocycles. The van der Waals surface area contributed by atoms with Gasteiger partial charge in [0.1, 0.15) is 12.4 Å². The molecule has 1 aromatic rings. The van der Waals surface area contributed by atoms with Gasteiger partial charge in [0.2, 0.25) is 0 Å². The molecule has 0 bridgehead atoms. The number of rotatable bonds is 5. The van der Waals surface area contributed by atoms with Crippen LogP contribution in [-0.4, -0.2) is 42.2 Å². The molecular weight excluding hydrogens is 230 g/mol. The highest BCUT2D eigenvalue weighted by Crippen LogP contribution is 2.17. The Morgan fingerprint density at radius 2 is 2.22 bits per heavy atom. The first-order valence-electron chi connectivity index (χ1n) is 6.66. The Hall–Kier alpha value is -1.07. The number of hydrogen-bond acceptors (Lipinski definition) is 5. The van der Waals surface area contributed by atoms with Crippen LogP contribution in [0.5, 0.6) is 6.08 Å². The molecule has 5 heteroatoms. The fraction of sp³-hybridized carbons (Fsp3) is 0.769. The second kappa shape index (κ2) is 6.20. The average molecular weight is 253 g/mol. The Morgan fingerprint density at radius 3 is 2.89 bits per heavy atom. The van der Waals surface area contributed by atoms with Crippen molar-refractivity contribution < 1.29 is 9.15 Å². The van der Waals surface area contributed by atoms with E-state index in [0.717, 1.165) is 38.2 Å². The van der Waals surface area contributed by atoms with Gasteiger partial charge in [-0.3, -0.25) is 0 Å². The molecule has 0 atom stereocenters. The molecule has 0 aliphatic carbocycles. The SMILES string of the molecule is CC(C)NCc1coc(OC2CCN(C)CC2)n1. The highest BCUT2D eigenvalue weighted by atomic mass is 16.6. The third-order valence-corrected chi connectivity index (χ3v) is 3.16. The van der Waals surface area contributed by atoms with E-state index in [0.29, 0.717) is 12.1 Å². The first-order valence-corrected chi connectivity index (χ1v) is 6.66. The van der Waals surface area contributed by atoms with E-state index in [2.05, 4.69) is 36.1 Å². The fourth-order valence-corrected chi connectivity index (χ4v) is 1.98. The van der Waals surface area contributed by atoms with Crippen molar-refractivity contribution in [1.29, 1.82) is 0 Å². The number of likely N-dealkylation sites (tertiary alicyclic amines) is 1. The van der Waals surface area contributed by atoms with Crippen molar-refractivity contribution in [1.82, 2.24) is 15.2 Å². The zero-order chi connectivity index (χ0) is 13.0. The summed E-state index contributed by atoms with van der Waals surface area (Å²) in [6, 6.07) is 0.444. The van der Waals surface area contributed by atoms with Crippen LogP contribution in [-0.2, 0) is 6.54 Å². The summed E-state index contributed by atoms with van der Waals surface area (Å²) in [7, 11) is 2.14. The van der Waals surface area contributed by atoms with Crippen molar-refractivity contribution in [3.05, 3.63) is 12.0 Å². The summed E-state index contributed by atoms with van der Waals surface area (Å²) < 4.78 is 11.1. The van der Waals surface area contributed by atoms with Crippen molar-refractivity contribution in [3.8, 4) is 6.08 Å². The van der Waals surface area contributed by atoms with Crippen LogP contribution in [0.1, 0.15) is 32.4 Å². The van der Waals surface area contributed by atoms with Crippen molar-refractivity contribution >= 4 is 0 Å². The normalized spacial score (nSPS) is 18.4. The Labute approximate surface area is 109 Å². The summed E-state index contributed by atoms with van der Waals surface area (Å²) in [6.07, 6.45) is 4.40. The zero-order valence-corrected chi connectivity index (χ0v) is 11.5. The highest BCUT2D eigenvalue weighted by molar-refractivity contribution is 5.00. The lowest BCUT2D eigenvalue weighted by Crippen LogP contribution is -2.35. The van der Waals surface area contributed by atoms with Gasteiger partial charge in [-0.1, -0.05) is 13.8 Å². The van der Waals surface area contributed by atoms with Gasteiger partial charge >= 0.3 is 6.08 Å². The molecule has 2 rings (SSSR count). The van der Waals surface area contributed by atoms with Crippen molar-refractivity contribution in [2.24, 2.45) is 0 Å². The van der Waals surface area contributed by atoms with Crippen molar-refractivity contribution in [2.45, 2.75) is 45.4 Å². The number of piperidine rings is 1. The minimum absolute atomic E-state index is 0.241. The number of hydrogen-bond donors (Lipinski definition) is 1. The number of nitrogens with zero attached hydrogens (tertiary/aromatic N) is 2. The summed E-state index contributed by atoms with van der Waals surface area (Å²) in [5.74, 6) is 0. The second-order valence-corrected chi connectivity index (χ2v) is 5.26. The summed E-state index contributed by atoms with van der Waals surface area (Å²) in [4.78, 5) is 6.64. The Bertz CT molecular complexity index is 357. The van der Waals surface area contributed by atoms with Gasteiger partial charge in [0.15, 0.2) is 0 Å². The number of oxazole rings is 1. The molecule has 0 radical (unpaired) electrons. The van der Waals surface area contributed by atoms with Crippen LogP contribution < -0.4 is 10.1 Å². The van der Waals surface area contributed by atoms with Crippen LogP contribution >= 0.6 is 0 Å². The van der Waals surface area contributed by atoms with Gasteiger partial charge in [-0.25, -0.2) is 0 Å². The molecule has 1 saturated heterocycles. The van der Waals surface area contributed by atoms with Gasteiger partial charge in [-0.05, 0) is 19.9 Å². The van der Waals surface area contributed by atoms with Crippen LogP contribution in [0.2, 0.25) is 0 Å². The predicted molar refractivity (Wildman–Crippen MR) is 69.6 cm³/mol. The van der Waals surface area contributed by atoms with Crippen molar-refractivity contribution in [2.75, 3.05) is 20.1 Å². The molecule has 0 amide bonds. The van der Waals surface area contributed by atoms with Crippen LogP contribution in [0.25, 0.3) is 0 Å². The Kier molecular flexibility index (Phi) is 4.60. The molecule has 1 aliphatic heterocycles. The summed E-state index contributed by atoms with van der Waals surface area (Å²) in [5, 5.41) is 3.30. The standard InChI is InChI=1S/C13H23N3O2/c1-10(2)14-8-11-9-17-13(15-11)18-12-4-6-16(3)7-5-12/h9-10,12,14H,4-8H2,1-3H3. The third kappa shape index (κ3) is 3.99. The lowest BCUT2D eigenvalue weighted by molar-refractivity contribution is 0.0847.